The van der Waals surface area contributed by atoms with Crippen molar-refractivity contribution in [3.63, 3.8) is 0 Å². The molecule has 3 unspecified atom stereocenters. The van der Waals surface area contributed by atoms with E-state index in [1.54, 1.807) is 0 Å². The molecule has 1 heterocycles. The van der Waals surface area contributed by atoms with Gasteiger partial charge in [-0.1, -0.05) is 13.3 Å². The van der Waals surface area contributed by atoms with Gasteiger partial charge in [0.15, 0.2) is 0 Å². The van der Waals surface area contributed by atoms with Gasteiger partial charge in [0.2, 0.25) is 0 Å². The second-order valence-corrected chi connectivity index (χ2v) is 4.74. The normalized spacial score (nSPS) is 38.3. The molecule has 1 saturated heterocycles. The molecule has 0 aliphatic carbocycles. The Balaban J connectivity index is 2.74. The highest BCUT2D eigenvalue weighted by molar-refractivity contribution is 5.01. The van der Waals surface area contributed by atoms with Crippen molar-refractivity contribution in [1.82, 2.24) is 0 Å². The lowest BCUT2D eigenvalue weighted by molar-refractivity contribution is -0.147. The highest BCUT2D eigenvalue weighted by Gasteiger charge is 2.42. The van der Waals surface area contributed by atoms with Crippen LogP contribution in [0.25, 0.3) is 0 Å². The summed E-state index contributed by atoms with van der Waals surface area (Å²) >= 11 is 0. The van der Waals surface area contributed by atoms with E-state index in [2.05, 4.69) is 6.07 Å². The van der Waals surface area contributed by atoms with E-state index in [4.69, 9.17) is 10.00 Å². The standard InChI is InChI=1S/C12H21NO2/c1-4-5-11(8-13)12(14)6-9(2)15-10(3)7-12/h9-11,14H,4-7H2,1-3H3. The molecule has 3 atom stereocenters. The number of aliphatic hydroxyl groups is 1. The molecule has 0 radical (unpaired) electrons. The number of rotatable bonds is 3. The lowest BCUT2D eigenvalue weighted by Crippen LogP contribution is -2.48. The third-order valence-corrected chi connectivity index (χ3v) is 3.13. The largest absolute Gasteiger partial charge is 0.388 e. The van der Waals surface area contributed by atoms with Crippen LogP contribution in [0.1, 0.15) is 46.5 Å². The molecular formula is C12H21NO2. The maximum Gasteiger partial charge on any atom is 0.0854 e. The first-order valence-corrected chi connectivity index (χ1v) is 5.79. The van der Waals surface area contributed by atoms with Crippen molar-refractivity contribution < 1.29 is 9.84 Å². The van der Waals surface area contributed by atoms with Crippen molar-refractivity contribution in [3.05, 3.63) is 0 Å². The molecule has 0 aromatic heterocycles. The van der Waals surface area contributed by atoms with E-state index < -0.39 is 5.60 Å². The van der Waals surface area contributed by atoms with E-state index in [1.807, 2.05) is 20.8 Å². The van der Waals surface area contributed by atoms with Gasteiger partial charge in [-0.25, -0.2) is 0 Å². The van der Waals surface area contributed by atoms with Crippen LogP contribution in [0.4, 0.5) is 0 Å². The second kappa shape index (κ2) is 4.96. The summed E-state index contributed by atoms with van der Waals surface area (Å²) in [6.07, 6.45) is 2.96. The number of ether oxygens (including phenoxy) is 1. The van der Waals surface area contributed by atoms with Gasteiger partial charge in [-0.15, -0.1) is 0 Å². The molecule has 15 heavy (non-hydrogen) atoms. The Bertz CT molecular complexity index is 236. The minimum Gasteiger partial charge on any atom is -0.388 e. The van der Waals surface area contributed by atoms with Gasteiger partial charge in [0.25, 0.3) is 0 Å². The van der Waals surface area contributed by atoms with Crippen molar-refractivity contribution in [3.8, 4) is 6.07 Å². The summed E-state index contributed by atoms with van der Waals surface area (Å²) in [6.45, 7) is 5.96. The van der Waals surface area contributed by atoms with E-state index in [0.717, 1.165) is 12.8 Å². The molecule has 0 bridgehead atoms. The third-order valence-electron chi connectivity index (χ3n) is 3.13. The van der Waals surface area contributed by atoms with E-state index in [-0.39, 0.29) is 18.1 Å². The van der Waals surface area contributed by atoms with E-state index in [0.29, 0.717) is 12.8 Å². The first kappa shape index (κ1) is 12.5. The maximum atomic E-state index is 10.5. The molecule has 0 spiro atoms. The fourth-order valence-electron chi connectivity index (χ4n) is 2.60. The number of nitrogens with zero attached hydrogens (tertiary/aromatic N) is 1. The van der Waals surface area contributed by atoms with E-state index >= 15 is 0 Å². The Hall–Kier alpha value is -0.590. The predicted octanol–water partition coefficient (Wildman–Crippen LogP) is 2.24. The molecule has 0 aromatic carbocycles. The van der Waals surface area contributed by atoms with Crippen molar-refractivity contribution in [2.24, 2.45) is 5.92 Å². The van der Waals surface area contributed by atoms with Gasteiger partial charge in [-0.3, -0.25) is 0 Å². The highest BCUT2D eigenvalue weighted by Crippen LogP contribution is 2.36. The Kier molecular flexibility index (Phi) is 4.12. The number of hydrogen-bond donors (Lipinski definition) is 1. The summed E-state index contributed by atoms with van der Waals surface area (Å²) in [7, 11) is 0. The quantitative estimate of drug-likeness (QED) is 0.779. The highest BCUT2D eigenvalue weighted by atomic mass is 16.5. The van der Waals surface area contributed by atoms with Crippen LogP contribution in [0.2, 0.25) is 0 Å². The summed E-state index contributed by atoms with van der Waals surface area (Å²) < 4.78 is 5.58. The topological polar surface area (TPSA) is 53.2 Å². The van der Waals surface area contributed by atoms with Crippen molar-refractivity contribution in [2.45, 2.75) is 64.3 Å². The van der Waals surface area contributed by atoms with Crippen molar-refractivity contribution in [2.75, 3.05) is 0 Å². The van der Waals surface area contributed by atoms with Crippen LogP contribution < -0.4 is 0 Å². The van der Waals surface area contributed by atoms with Crippen LogP contribution in [0, 0.1) is 17.2 Å². The molecule has 0 aromatic rings. The first-order valence-electron chi connectivity index (χ1n) is 5.79. The lowest BCUT2D eigenvalue weighted by Gasteiger charge is -2.41. The summed E-state index contributed by atoms with van der Waals surface area (Å²) in [4.78, 5) is 0. The van der Waals surface area contributed by atoms with Gasteiger partial charge in [0.1, 0.15) is 0 Å². The van der Waals surface area contributed by atoms with Crippen LogP contribution in [0.3, 0.4) is 0 Å². The Morgan fingerprint density at radius 2 is 2.00 bits per heavy atom. The molecule has 3 heteroatoms. The maximum absolute atomic E-state index is 10.5. The van der Waals surface area contributed by atoms with Crippen LogP contribution in [-0.4, -0.2) is 22.9 Å². The lowest BCUT2D eigenvalue weighted by atomic mass is 9.76. The molecule has 1 rings (SSSR count). The Morgan fingerprint density at radius 3 is 2.40 bits per heavy atom. The molecule has 0 amide bonds. The number of nitriles is 1. The van der Waals surface area contributed by atoms with E-state index in [9.17, 15) is 5.11 Å². The van der Waals surface area contributed by atoms with Gasteiger partial charge in [0, 0.05) is 12.8 Å². The van der Waals surface area contributed by atoms with Crippen LogP contribution in [-0.2, 0) is 4.74 Å². The monoisotopic (exact) mass is 211 g/mol. The van der Waals surface area contributed by atoms with Gasteiger partial charge in [-0.2, -0.15) is 5.26 Å². The van der Waals surface area contributed by atoms with Crippen LogP contribution >= 0.6 is 0 Å². The third kappa shape index (κ3) is 2.93. The van der Waals surface area contributed by atoms with Crippen molar-refractivity contribution >= 4 is 0 Å². The average molecular weight is 211 g/mol. The smallest absolute Gasteiger partial charge is 0.0854 e. The zero-order valence-electron chi connectivity index (χ0n) is 9.86. The molecule has 0 saturated carbocycles. The average Bonchev–Trinajstić information content (AvgIpc) is 2.11. The molecule has 1 aliphatic rings. The fraction of sp³-hybridized carbons (Fsp3) is 0.917. The van der Waals surface area contributed by atoms with Crippen LogP contribution in [0.15, 0.2) is 0 Å². The van der Waals surface area contributed by atoms with Gasteiger partial charge >= 0.3 is 0 Å². The molecule has 1 aliphatic heterocycles. The second-order valence-electron chi connectivity index (χ2n) is 4.74. The zero-order valence-corrected chi connectivity index (χ0v) is 9.86. The number of hydrogen-bond acceptors (Lipinski definition) is 3. The molecular weight excluding hydrogens is 190 g/mol. The van der Waals surface area contributed by atoms with Gasteiger partial charge in [0.05, 0.1) is 29.8 Å². The minimum atomic E-state index is -0.845. The summed E-state index contributed by atoms with van der Waals surface area (Å²) in [5.41, 5.74) is -0.845. The SMILES string of the molecule is CCCC(C#N)C1(O)CC(C)OC(C)C1. The zero-order chi connectivity index (χ0) is 11.5. The van der Waals surface area contributed by atoms with Crippen LogP contribution in [0.5, 0.6) is 0 Å². The molecule has 1 N–H and O–H groups in total. The van der Waals surface area contributed by atoms with Crippen molar-refractivity contribution in [1.29, 1.82) is 5.26 Å². The Morgan fingerprint density at radius 1 is 1.47 bits per heavy atom. The minimum absolute atomic E-state index is 0.0476. The molecule has 1 fully saturated rings. The van der Waals surface area contributed by atoms with E-state index in [1.165, 1.54) is 0 Å². The van der Waals surface area contributed by atoms with Gasteiger partial charge < -0.3 is 9.84 Å². The molecule has 3 nitrogen and oxygen atoms in total. The summed E-state index contributed by atoms with van der Waals surface area (Å²) in [5.74, 6) is -0.253. The van der Waals surface area contributed by atoms with Gasteiger partial charge in [-0.05, 0) is 20.3 Å². The summed E-state index contributed by atoms with van der Waals surface area (Å²) in [6, 6.07) is 2.25. The molecule has 86 valence electrons. The fourth-order valence-corrected chi connectivity index (χ4v) is 2.60. The Labute approximate surface area is 92.0 Å². The first-order chi connectivity index (χ1) is 7.01. The predicted molar refractivity (Wildman–Crippen MR) is 58.2 cm³/mol. The summed E-state index contributed by atoms with van der Waals surface area (Å²) in [5, 5.41) is 19.6.